The number of nitrogens with one attached hydrogen (secondary N) is 2. The van der Waals surface area contributed by atoms with Gasteiger partial charge >= 0.3 is 6.03 Å². The maximum absolute atomic E-state index is 12.5. The Bertz CT molecular complexity index is 774. The number of ketones is 1. The van der Waals surface area contributed by atoms with Gasteiger partial charge in [-0.05, 0) is 39.3 Å². The fourth-order valence-corrected chi connectivity index (χ4v) is 3.58. The fraction of sp³-hybridized carbons (Fsp3) is 0.500. The number of piperidine rings is 1. The van der Waals surface area contributed by atoms with Crippen LogP contribution in [0.2, 0.25) is 0 Å². The fourth-order valence-electron chi connectivity index (χ4n) is 3.58. The van der Waals surface area contributed by atoms with E-state index in [2.05, 4.69) is 10.7 Å². The quantitative estimate of drug-likeness (QED) is 0.568. The molecule has 0 aromatic heterocycles. The van der Waals surface area contributed by atoms with Gasteiger partial charge in [0.1, 0.15) is 5.54 Å². The number of benzene rings is 1. The lowest BCUT2D eigenvalue weighted by Gasteiger charge is -2.31. The van der Waals surface area contributed by atoms with E-state index in [4.69, 9.17) is 0 Å². The lowest BCUT2D eigenvalue weighted by molar-refractivity contribution is -0.139. The number of amides is 4. The summed E-state index contributed by atoms with van der Waals surface area (Å²) in [7, 11) is 0. The van der Waals surface area contributed by atoms with Crippen LogP contribution in [0.15, 0.2) is 30.3 Å². The van der Waals surface area contributed by atoms with E-state index in [1.807, 2.05) is 35.2 Å². The zero-order valence-electron chi connectivity index (χ0n) is 16.2. The molecule has 1 aromatic carbocycles. The molecule has 2 aliphatic rings. The predicted octanol–water partition coefficient (Wildman–Crippen LogP) is 1.33. The van der Waals surface area contributed by atoms with E-state index in [1.165, 1.54) is 0 Å². The van der Waals surface area contributed by atoms with Crippen molar-refractivity contribution >= 4 is 23.6 Å². The lowest BCUT2D eigenvalue weighted by Crippen LogP contribution is -2.52. The van der Waals surface area contributed by atoms with Crippen LogP contribution < -0.4 is 10.7 Å². The van der Waals surface area contributed by atoms with Gasteiger partial charge in [0.05, 0.1) is 6.54 Å². The molecule has 2 N–H and O–H groups in total. The number of hydrazine groups is 1. The van der Waals surface area contributed by atoms with E-state index in [-0.39, 0.29) is 18.2 Å². The number of carbonyl (C=O) groups is 4. The smallest absolute Gasteiger partial charge is 0.322 e. The van der Waals surface area contributed by atoms with Crippen molar-refractivity contribution in [1.82, 2.24) is 20.7 Å². The van der Waals surface area contributed by atoms with Crippen molar-refractivity contribution in [1.29, 1.82) is 0 Å². The van der Waals surface area contributed by atoms with Gasteiger partial charge in [0, 0.05) is 11.5 Å². The highest BCUT2D eigenvalue weighted by Crippen LogP contribution is 2.22. The number of imide groups is 1. The SMILES string of the molecule is CC[C@@]1(C)NC(=O)N(NC(=O)CN2CCC(C(=O)c3ccccc3)CC2)C1=O. The molecule has 3 rings (SSSR count). The Morgan fingerprint density at radius 2 is 1.82 bits per heavy atom. The van der Waals surface area contributed by atoms with Crippen LogP contribution in [0, 0.1) is 5.92 Å². The molecule has 2 aliphatic heterocycles. The van der Waals surface area contributed by atoms with Crippen molar-refractivity contribution in [2.24, 2.45) is 5.92 Å². The Kier molecular flexibility index (Phi) is 5.79. The molecule has 1 atom stereocenters. The highest BCUT2D eigenvalue weighted by Gasteiger charge is 2.47. The summed E-state index contributed by atoms with van der Waals surface area (Å²) in [6, 6.07) is 8.62. The molecule has 1 aromatic rings. The number of hydrogen-bond donors (Lipinski definition) is 2. The van der Waals surface area contributed by atoms with Crippen molar-refractivity contribution in [2.75, 3.05) is 19.6 Å². The first-order valence-corrected chi connectivity index (χ1v) is 9.62. The van der Waals surface area contributed by atoms with E-state index in [9.17, 15) is 19.2 Å². The van der Waals surface area contributed by atoms with Gasteiger partial charge in [0.15, 0.2) is 5.78 Å². The molecule has 4 amide bonds. The van der Waals surface area contributed by atoms with Crippen LogP contribution in [-0.2, 0) is 9.59 Å². The van der Waals surface area contributed by atoms with Gasteiger partial charge in [-0.25, -0.2) is 4.79 Å². The van der Waals surface area contributed by atoms with Gasteiger partial charge in [-0.15, -0.1) is 0 Å². The largest absolute Gasteiger partial charge is 0.344 e. The highest BCUT2D eigenvalue weighted by atomic mass is 16.2. The summed E-state index contributed by atoms with van der Waals surface area (Å²) in [4.78, 5) is 51.1. The Hall–Kier alpha value is -2.74. The minimum atomic E-state index is -0.986. The number of urea groups is 1. The predicted molar refractivity (Wildman–Crippen MR) is 102 cm³/mol. The summed E-state index contributed by atoms with van der Waals surface area (Å²) >= 11 is 0. The molecule has 2 heterocycles. The molecule has 8 nitrogen and oxygen atoms in total. The minimum absolute atomic E-state index is 0.0436. The molecule has 2 saturated heterocycles. The zero-order chi connectivity index (χ0) is 20.3. The number of hydrogen-bond acceptors (Lipinski definition) is 5. The zero-order valence-corrected chi connectivity index (χ0v) is 16.2. The molecule has 2 fully saturated rings. The summed E-state index contributed by atoms with van der Waals surface area (Å²) in [6.45, 7) is 4.73. The third-order valence-corrected chi connectivity index (χ3v) is 5.59. The second-order valence-electron chi connectivity index (χ2n) is 7.57. The monoisotopic (exact) mass is 386 g/mol. The average molecular weight is 386 g/mol. The first-order valence-electron chi connectivity index (χ1n) is 9.62. The lowest BCUT2D eigenvalue weighted by atomic mass is 9.89. The van der Waals surface area contributed by atoms with Gasteiger partial charge in [-0.1, -0.05) is 37.3 Å². The maximum Gasteiger partial charge on any atom is 0.344 e. The van der Waals surface area contributed by atoms with Gasteiger partial charge in [-0.2, -0.15) is 5.01 Å². The second kappa shape index (κ2) is 8.10. The molecule has 0 spiro atoms. The molecule has 28 heavy (non-hydrogen) atoms. The van der Waals surface area contributed by atoms with Crippen molar-refractivity contribution in [3.05, 3.63) is 35.9 Å². The molecular formula is C20H26N4O4. The van der Waals surface area contributed by atoms with E-state index in [1.54, 1.807) is 13.8 Å². The Labute approximate surface area is 164 Å². The van der Waals surface area contributed by atoms with Crippen molar-refractivity contribution in [3.8, 4) is 0 Å². The number of carbonyl (C=O) groups excluding carboxylic acids is 4. The van der Waals surface area contributed by atoms with Crippen molar-refractivity contribution < 1.29 is 19.2 Å². The number of rotatable bonds is 6. The topological polar surface area (TPSA) is 98.8 Å². The van der Waals surface area contributed by atoms with Crippen LogP contribution >= 0.6 is 0 Å². The summed E-state index contributed by atoms with van der Waals surface area (Å²) in [5.41, 5.74) is 2.13. The van der Waals surface area contributed by atoms with Gasteiger partial charge in [0.2, 0.25) is 0 Å². The number of nitrogens with zero attached hydrogens (tertiary/aromatic N) is 2. The van der Waals surface area contributed by atoms with Crippen LogP contribution in [-0.4, -0.2) is 58.7 Å². The molecule has 0 bridgehead atoms. The normalized spacial score (nSPS) is 23.6. The number of likely N-dealkylation sites (tertiary alicyclic amines) is 1. The van der Waals surface area contributed by atoms with Gasteiger partial charge in [-0.3, -0.25) is 24.7 Å². The Morgan fingerprint density at radius 3 is 2.39 bits per heavy atom. The van der Waals surface area contributed by atoms with E-state index in [0.717, 1.165) is 10.6 Å². The van der Waals surface area contributed by atoms with Crippen LogP contribution in [0.5, 0.6) is 0 Å². The molecule has 0 radical (unpaired) electrons. The van der Waals surface area contributed by atoms with E-state index in [0.29, 0.717) is 32.4 Å². The summed E-state index contributed by atoms with van der Waals surface area (Å²) in [6.07, 6.45) is 1.79. The molecule has 8 heteroatoms. The van der Waals surface area contributed by atoms with Crippen molar-refractivity contribution in [2.45, 2.75) is 38.6 Å². The minimum Gasteiger partial charge on any atom is -0.322 e. The third kappa shape index (κ3) is 4.06. The van der Waals surface area contributed by atoms with Gasteiger partial charge in [0.25, 0.3) is 11.8 Å². The summed E-state index contributed by atoms with van der Waals surface area (Å²) in [5.74, 6) is -0.780. The van der Waals surface area contributed by atoms with E-state index < -0.39 is 23.4 Å². The van der Waals surface area contributed by atoms with Crippen molar-refractivity contribution in [3.63, 3.8) is 0 Å². The van der Waals surface area contributed by atoms with Crippen LogP contribution in [0.3, 0.4) is 0 Å². The molecular weight excluding hydrogens is 360 g/mol. The molecule has 0 aliphatic carbocycles. The van der Waals surface area contributed by atoms with Crippen LogP contribution in [0.4, 0.5) is 4.79 Å². The third-order valence-electron chi connectivity index (χ3n) is 5.59. The average Bonchev–Trinajstić information content (AvgIpc) is 2.92. The first-order chi connectivity index (χ1) is 13.3. The molecule has 0 unspecified atom stereocenters. The standard InChI is InChI=1S/C20H26N4O4/c1-3-20(2)18(27)24(19(28)21-20)22-16(25)13-23-11-9-15(10-12-23)17(26)14-7-5-4-6-8-14/h4-8,15H,3,9-13H2,1-2H3,(H,21,28)(H,22,25)/t20-/m1/s1. The Balaban J connectivity index is 1.48. The summed E-state index contributed by atoms with van der Waals surface area (Å²) in [5, 5.41) is 3.36. The second-order valence-corrected chi connectivity index (χ2v) is 7.57. The first kappa shape index (κ1) is 20.0. The highest BCUT2D eigenvalue weighted by molar-refractivity contribution is 6.07. The molecule has 0 saturated carbocycles. The van der Waals surface area contributed by atoms with E-state index >= 15 is 0 Å². The Morgan fingerprint density at radius 1 is 1.18 bits per heavy atom. The molecule has 150 valence electrons. The summed E-state index contributed by atoms with van der Waals surface area (Å²) < 4.78 is 0. The van der Waals surface area contributed by atoms with Crippen LogP contribution in [0.1, 0.15) is 43.5 Å². The van der Waals surface area contributed by atoms with Gasteiger partial charge < -0.3 is 5.32 Å². The number of Topliss-reactive ketones (excluding diaryl/α,β-unsaturated/α-hetero) is 1. The van der Waals surface area contributed by atoms with Crippen LogP contribution in [0.25, 0.3) is 0 Å². The maximum atomic E-state index is 12.5.